The second kappa shape index (κ2) is 6.10. The first-order valence-corrected chi connectivity index (χ1v) is 6.88. The van der Waals surface area contributed by atoms with Gasteiger partial charge in [0.2, 0.25) is 11.8 Å². The summed E-state index contributed by atoms with van der Waals surface area (Å²) in [6, 6.07) is 0. The van der Waals surface area contributed by atoms with E-state index in [1.165, 1.54) is 11.8 Å². The molecule has 0 saturated heterocycles. The summed E-state index contributed by atoms with van der Waals surface area (Å²) in [4.78, 5) is 23.3. The third kappa shape index (κ3) is 3.25. The summed E-state index contributed by atoms with van der Waals surface area (Å²) in [5.74, 6) is -0.390. The van der Waals surface area contributed by atoms with Crippen LogP contribution in [0.5, 0.6) is 0 Å². The molecule has 1 aliphatic rings. The molecule has 1 rings (SSSR count). The molecular formula is C12H20N2O2S. The number of amides is 2. The van der Waals surface area contributed by atoms with Crippen LogP contribution in [0.3, 0.4) is 0 Å². The normalized spacial score (nSPS) is 27.1. The van der Waals surface area contributed by atoms with E-state index in [0.29, 0.717) is 6.54 Å². The van der Waals surface area contributed by atoms with E-state index in [-0.39, 0.29) is 17.1 Å². The Morgan fingerprint density at radius 2 is 2.12 bits per heavy atom. The van der Waals surface area contributed by atoms with Crippen LogP contribution in [0.25, 0.3) is 0 Å². The average molecular weight is 256 g/mol. The standard InChI is InChI=1S/C12H20N2O2S/c1-3-6-12(11(16)14-8-4-2)7-5-9(17-12)10(13)15/h5,7,9H,3-4,6,8H2,1-2H3,(H2,13,15)(H,14,16). The van der Waals surface area contributed by atoms with Crippen molar-refractivity contribution >= 4 is 23.6 Å². The maximum absolute atomic E-state index is 12.1. The maximum Gasteiger partial charge on any atom is 0.240 e. The summed E-state index contributed by atoms with van der Waals surface area (Å²) >= 11 is 1.35. The van der Waals surface area contributed by atoms with Crippen molar-refractivity contribution < 1.29 is 9.59 Å². The number of thioether (sulfide) groups is 1. The van der Waals surface area contributed by atoms with E-state index in [4.69, 9.17) is 5.73 Å². The zero-order valence-electron chi connectivity index (χ0n) is 10.4. The van der Waals surface area contributed by atoms with Crippen molar-refractivity contribution in [3.63, 3.8) is 0 Å². The van der Waals surface area contributed by atoms with Gasteiger partial charge in [-0.05, 0) is 12.8 Å². The van der Waals surface area contributed by atoms with Gasteiger partial charge in [0, 0.05) is 6.54 Å². The Morgan fingerprint density at radius 1 is 1.41 bits per heavy atom. The highest BCUT2D eigenvalue weighted by Gasteiger charge is 2.42. The van der Waals surface area contributed by atoms with Crippen LogP contribution < -0.4 is 11.1 Å². The molecule has 0 aromatic rings. The molecule has 5 heteroatoms. The summed E-state index contributed by atoms with van der Waals surface area (Å²) in [5, 5.41) is 2.52. The van der Waals surface area contributed by atoms with Gasteiger partial charge in [0.15, 0.2) is 0 Å². The van der Waals surface area contributed by atoms with E-state index in [0.717, 1.165) is 19.3 Å². The fourth-order valence-electron chi connectivity index (χ4n) is 1.85. The summed E-state index contributed by atoms with van der Waals surface area (Å²) in [7, 11) is 0. The van der Waals surface area contributed by atoms with Crippen LogP contribution in [0.1, 0.15) is 33.1 Å². The van der Waals surface area contributed by atoms with Crippen LogP contribution in [0, 0.1) is 0 Å². The molecule has 2 atom stereocenters. The molecule has 0 aliphatic carbocycles. The number of nitrogens with two attached hydrogens (primary N) is 1. The monoisotopic (exact) mass is 256 g/mol. The fraction of sp³-hybridized carbons (Fsp3) is 0.667. The molecule has 3 N–H and O–H groups in total. The lowest BCUT2D eigenvalue weighted by Gasteiger charge is -2.26. The zero-order chi connectivity index (χ0) is 12.9. The molecule has 0 spiro atoms. The number of carbonyl (C=O) groups is 2. The third-order valence-corrected chi connectivity index (χ3v) is 4.29. The average Bonchev–Trinajstić information content (AvgIpc) is 2.72. The largest absolute Gasteiger partial charge is 0.368 e. The van der Waals surface area contributed by atoms with Gasteiger partial charge in [0.25, 0.3) is 0 Å². The smallest absolute Gasteiger partial charge is 0.240 e. The predicted molar refractivity (Wildman–Crippen MR) is 70.7 cm³/mol. The molecule has 4 nitrogen and oxygen atoms in total. The highest BCUT2D eigenvalue weighted by atomic mass is 32.2. The molecular weight excluding hydrogens is 236 g/mol. The summed E-state index contributed by atoms with van der Waals surface area (Å²) < 4.78 is -0.608. The van der Waals surface area contributed by atoms with Crippen molar-refractivity contribution in [1.82, 2.24) is 5.32 Å². The van der Waals surface area contributed by atoms with Crippen LogP contribution in [-0.4, -0.2) is 28.4 Å². The lowest BCUT2D eigenvalue weighted by Crippen LogP contribution is -2.43. The summed E-state index contributed by atoms with van der Waals surface area (Å²) in [6.45, 7) is 4.71. The SMILES string of the molecule is CCCNC(=O)C1(CCC)C=CC(C(N)=O)S1. The number of nitrogens with one attached hydrogen (secondary N) is 1. The lowest BCUT2D eigenvalue weighted by molar-refractivity contribution is -0.122. The molecule has 1 heterocycles. The van der Waals surface area contributed by atoms with Gasteiger partial charge >= 0.3 is 0 Å². The summed E-state index contributed by atoms with van der Waals surface area (Å²) in [5.41, 5.74) is 5.27. The third-order valence-electron chi connectivity index (χ3n) is 2.70. The zero-order valence-corrected chi connectivity index (χ0v) is 11.2. The first-order valence-electron chi connectivity index (χ1n) is 6.00. The van der Waals surface area contributed by atoms with E-state index in [2.05, 4.69) is 5.32 Å². The van der Waals surface area contributed by atoms with E-state index in [9.17, 15) is 9.59 Å². The van der Waals surface area contributed by atoms with Crippen molar-refractivity contribution in [3.05, 3.63) is 12.2 Å². The van der Waals surface area contributed by atoms with Gasteiger partial charge in [-0.2, -0.15) is 0 Å². The van der Waals surface area contributed by atoms with Gasteiger partial charge in [-0.1, -0.05) is 32.4 Å². The Hall–Kier alpha value is -0.970. The van der Waals surface area contributed by atoms with Crippen molar-refractivity contribution in [2.75, 3.05) is 6.54 Å². The van der Waals surface area contributed by atoms with E-state index >= 15 is 0 Å². The molecule has 0 saturated carbocycles. The molecule has 0 radical (unpaired) electrons. The number of hydrogen-bond acceptors (Lipinski definition) is 3. The Bertz CT molecular complexity index is 330. The minimum atomic E-state index is -0.608. The Kier molecular flexibility index (Phi) is 5.05. The Balaban J connectivity index is 2.75. The van der Waals surface area contributed by atoms with Gasteiger partial charge in [-0.25, -0.2) is 0 Å². The molecule has 0 fully saturated rings. The van der Waals surface area contributed by atoms with Crippen molar-refractivity contribution in [3.8, 4) is 0 Å². The second-order valence-electron chi connectivity index (χ2n) is 4.20. The second-order valence-corrected chi connectivity index (χ2v) is 5.67. The van der Waals surface area contributed by atoms with E-state index in [1.807, 2.05) is 19.9 Å². The molecule has 17 heavy (non-hydrogen) atoms. The fourth-order valence-corrected chi connectivity index (χ4v) is 3.23. The highest BCUT2D eigenvalue weighted by molar-refractivity contribution is 8.03. The van der Waals surface area contributed by atoms with Crippen LogP contribution in [-0.2, 0) is 9.59 Å². The number of rotatable bonds is 6. The highest BCUT2D eigenvalue weighted by Crippen LogP contribution is 2.41. The summed E-state index contributed by atoms with van der Waals surface area (Å²) in [6.07, 6.45) is 6.10. The van der Waals surface area contributed by atoms with Gasteiger partial charge < -0.3 is 11.1 Å². The van der Waals surface area contributed by atoms with E-state index < -0.39 is 4.75 Å². The van der Waals surface area contributed by atoms with Crippen LogP contribution in [0.15, 0.2) is 12.2 Å². The topological polar surface area (TPSA) is 72.2 Å². The molecule has 0 aromatic carbocycles. The number of primary amides is 1. The van der Waals surface area contributed by atoms with Gasteiger partial charge in [-0.15, -0.1) is 11.8 Å². The first kappa shape index (κ1) is 14.1. The van der Waals surface area contributed by atoms with Crippen molar-refractivity contribution in [2.45, 2.75) is 43.1 Å². The Morgan fingerprint density at radius 3 is 2.59 bits per heavy atom. The van der Waals surface area contributed by atoms with Gasteiger partial charge in [0.1, 0.15) is 10.00 Å². The molecule has 2 amide bonds. The molecule has 2 unspecified atom stereocenters. The molecule has 96 valence electrons. The van der Waals surface area contributed by atoms with E-state index in [1.54, 1.807) is 6.08 Å². The maximum atomic E-state index is 12.1. The quantitative estimate of drug-likeness (QED) is 0.702. The Labute approximate surface area is 106 Å². The van der Waals surface area contributed by atoms with Crippen molar-refractivity contribution in [1.29, 1.82) is 0 Å². The first-order chi connectivity index (χ1) is 8.05. The number of carbonyl (C=O) groups excluding carboxylic acids is 2. The predicted octanol–water partition coefficient (Wildman–Crippen LogP) is 1.21. The molecule has 0 aromatic heterocycles. The van der Waals surface area contributed by atoms with Gasteiger partial charge in [-0.3, -0.25) is 9.59 Å². The van der Waals surface area contributed by atoms with Crippen LogP contribution in [0.2, 0.25) is 0 Å². The molecule has 1 aliphatic heterocycles. The number of hydrogen-bond donors (Lipinski definition) is 2. The van der Waals surface area contributed by atoms with Crippen molar-refractivity contribution in [2.24, 2.45) is 5.73 Å². The minimum Gasteiger partial charge on any atom is -0.368 e. The minimum absolute atomic E-state index is 0.00815. The van der Waals surface area contributed by atoms with Crippen LogP contribution >= 0.6 is 11.8 Å². The lowest BCUT2D eigenvalue weighted by atomic mass is 10.0. The van der Waals surface area contributed by atoms with Crippen LogP contribution in [0.4, 0.5) is 0 Å². The van der Waals surface area contributed by atoms with Gasteiger partial charge in [0.05, 0.1) is 0 Å². The molecule has 0 bridgehead atoms.